The Kier molecular flexibility index (Phi) is 2.90. The first-order valence-electron chi connectivity index (χ1n) is 4.52. The maximum absolute atomic E-state index is 11.5. The van der Waals surface area contributed by atoms with Crippen molar-refractivity contribution in [3.63, 3.8) is 0 Å². The molecule has 0 radical (unpaired) electrons. The molecule has 0 aliphatic carbocycles. The molecule has 1 atom stereocenters. The minimum Gasteiger partial charge on any atom is -0.466 e. The average Bonchev–Trinajstić information content (AvgIpc) is 2.11. The van der Waals surface area contributed by atoms with Crippen LogP contribution in [0.15, 0.2) is 0 Å². The van der Waals surface area contributed by atoms with Crippen LogP contribution >= 0.6 is 0 Å². The van der Waals surface area contributed by atoms with Gasteiger partial charge in [-0.05, 0) is 20.3 Å². The fourth-order valence-electron chi connectivity index (χ4n) is 1.34. The Hall–Kier alpha value is -1.06. The minimum absolute atomic E-state index is 0.0155. The molecule has 1 fully saturated rings. The Bertz CT molecular complexity index is 215. The van der Waals surface area contributed by atoms with E-state index >= 15 is 0 Å². The van der Waals surface area contributed by atoms with Crippen LogP contribution in [0.3, 0.4) is 0 Å². The van der Waals surface area contributed by atoms with E-state index in [1.165, 1.54) is 0 Å². The normalized spacial score (nSPS) is 28.0. The number of piperidine rings is 1. The van der Waals surface area contributed by atoms with Crippen molar-refractivity contribution in [3.05, 3.63) is 0 Å². The third-order valence-electron chi connectivity index (χ3n) is 2.35. The molecular weight excluding hydrogens is 170 g/mol. The number of hydrogen-bond acceptors (Lipinski definition) is 3. The van der Waals surface area contributed by atoms with E-state index < -0.39 is 5.41 Å². The molecule has 0 aromatic carbocycles. The highest BCUT2D eigenvalue weighted by atomic mass is 16.5. The standard InChI is InChI=1S/C9H15NO3/c1-3-13-8(12)9(2)5-4-7(11)10-6-9/h3-6H2,1-2H3,(H,10,11)/t9-/m1/s1. The average molecular weight is 185 g/mol. The molecule has 0 aromatic rings. The van der Waals surface area contributed by atoms with Gasteiger partial charge in [0.15, 0.2) is 0 Å². The summed E-state index contributed by atoms with van der Waals surface area (Å²) >= 11 is 0. The molecule has 0 unspecified atom stereocenters. The van der Waals surface area contributed by atoms with Gasteiger partial charge in [-0.3, -0.25) is 9.59 Å². The van der Waals surface area contributed by atoms with E-state index in [4.69, 9.17) is 4.74 Å². The Morgan fingerprint density at radius 2 is 2.38 bits per heavy atom. The lowest BCUT2D eigenvalue weighted by atomic mass is 9.83. The van der Waals surface area contributed by atoms with Crippen molar-refractivity contribution in [2.75, 3.05) is 13.2 Å². The molecule has 1 aliphatic heterocycles. The summed E-state index contributed by atoms with van der Waals surface area (Å²) in [4.78, 5) is 22.3. The second kappa shape index (κ2) is 3.77. The number of nitrogens with one attached hydrogen (secondary N) is 1. The smallest absolute Gasteiger partial charge is 0.313 e. The van der Waals surface area contributed by atoms with Crippen LogP contribution in [-0.2, 0) is 14.3 Å². The number of ether oxygens (including phenoxy) is 1. The number of carbonyl (C=O) groups is 2. The van der Waals surface area contributed by atoms with Gasteiger partial charge >= 0.3 is 5.97 Å². The van der Waals surface area contributed by atoms with Crippen LogP contribution in [-0.4, -0.2) is 25.0 Å². The van der Waals surface area contributed by atoms with Gasteiger partial charge in [0.25, 0.3) is 0 Å². The fourth-order valence-corrected chi connectivity index (χ4v) is 1.34. The van der Waals surface area contributed by atoms with E-state index in [0.29, 0.717) is 26.0 Å². The molecule has 74 valence electrons. The van der Waals surface area contributed by atoms with Crippen molar-refractivity contribution in [3.8, 4) is 0 Å². The van der Waals surface area contributed by atoms with Crippen LogP contribution < -0.4 is 5.32 Å². The second-order valence-corrected chi connectivity index (χ2v) is 3.56. The Morgan fingerprint density at radius 3 is 2.85 bits per heavy atom. The van der Waals surface area contributed by atoms with Gasteiger partial charge in [-0.2, -0.15) is 0 Å². The van der Waals surface area contributed by atoms with E-state index in [9.17, 15) is 9.59 Å². The molecule has 1 heterocycles. The van der Waals surface area contributed by atoms with Crippen molar-refractivity contribution in [2.24, 2.45) is 5.41 Å². The van der Waals surface area contributed by atoms with Crippen LogP contribution in [0.4, 0.5) is 0 Å². The molecule has 1 saturated heterocycles. The summed E-state index contributed by atoms with van der Waals surface area (Å²) in [6.45, 7) is 4.39. The molecule has 4 nitrogen and oxygen atoms in total. The molecule has 1 rings (SSSR count). The third-order valence-corrected chi connectivity index (χ3v) is 2.35. The summed E-state index contributed by atoms with van der Waals surface area (Å²) in [5.74, 6) is -0.197. The van der Waals surface area contributed by atoms with Gasteiger partial charge in [-0.1, -0.05) is 0 Å². The lowest BCUT2D eigenvalue weighted by Gasteiger charge is -2.30. The Balaban J connectivity index is 2.56. The quantitative estimate of drug-likeness (QED) is 0.636. The summed E-state index contributed by atoms with van der Waals surface area (Å²) < 4.78 is 4.93. The number of esters is 1. The number of amides is 1. The predicted octanol–water partition coefficient (Wildman–Crippen LogP) is 0.466. The van der Waals surface area contributed by atoms with Gasteiger partial charge in [0, 0.05) is 13.0 Å². The topological polar surface area (TPSA) is 55.4 Å². The molecule has 0 bridgehead atoms. The lowest BCUT2D eigenvalue weighted by molar-refractivity contribution is -0.156. The van der Waals surface area contributed by atoms with E-state index in [0.717, 1.165) is 0 Å². The molecule has 1 N–H and O–H groups in total. The third kappa shape index (κ3) is 2.20. The Morgan fingerprint density at radius 1 is 1.69 bits per heavy atom. The van der Waals surface area contributed by atoms with Crippen LogP contribution in [0, 0.1) is 5.41 Å². The van der Waals surface area contributed by atoms with Crippen molar-refractivity contribution in [1.29, 1.82) is 0 Å². The number of rotatable bonds is 2. The maximum Gasteiger partial charge on any atom is 0.313 e. The summed E-state index contributed by atoms with van der Waals surface area (Å²) in [5.41, 5.74) is -0.524. The van der Waals surface area contributed by atoms with Crippen LogP contribution in [0.1, 0.15) is 26.7 Å². The van der Waals surface area contributed by atoms with Gasteiger partial charge in [-0.15, -0.1) is 0 Å². The van der Waals surface area contributed by atoms with Crippen LogP contribution in [0.2, 0.25) is 0 Å². The SMILES string of the molecule is CCOC(=O)[C@]1(C)CCC(=O)NC1. The minimum atomic E-state index is -0.524. The molecule has 0 saturated carbocycles. The number of carbonyl (C=O) groups excluding carboxylic acids is 2. The van der Waals surface area contributed by atoms with Gasteiger partial charge in [0.2, 0.25) is 5.91 Å². The molecule has 13 heavy (non-hydrogen) atoms. The molecule has 4 heteroatoms. The summed E-state index contributed by atoms with van der Waals surface area (Å²) in [5, 5.41) is 2.67. The molecule has 1 aliphatic rings. The summed E-state index contributed by atoms with van der Waals surface area (Å²) in [7, 11) is 0. The highest BCUT2D eigenvalue weighted by Gasteiger charge is 2.38. The van der Waals surface area contributed by atoms with E-state index in [-0.39, 0.29) is 11.9 Å². The summed E-state index contributed by atoms with van der Waals surface area (Å²) in [6.07, 6.45) is 0.993. The van der Waals surface area contributed by atoms with Gasteiger partial charge in [-0.25, -0.2) is 0 Å². The van der Waals surface area contributed by atoms with E-state index in [1.54, 1.807) is 6.92 Å². The monoisotopic (exact) mass is 185 g/mol. The van der Waals surface area contributed by atoms with Crippen molar-refractivity contribution >= 4 is 11.9 Å². The zero-order chi connectivity index (χ0) is 9.90. The zero-order valence-corrected chi connectivity index (χ0v) is 8.05. The fraction of sp³-hybridized carbons (Fsp3) is 0.778. The number of hydrogen-bond donors (Lipinski definition) is 1. The zero-order valence-electron chi connectivity index (χ0n) is 8.05. The van der Waals surface area contributed by atoms with E-state index in [2.05, 4.69) is 5.32 Å². The highest BCUT2D eigenvalue weighted by Crippen LogP contribution is 2.27. The van der Waals surface area contributed by atoms with Crippen molar-refractivity contribution < 1.29 is 14.3 Å². The first-order valence-corrected chi connectivity index (χ1v) is 4.52. The molecular formula is C9H15NO3. The lowest BCUT2D eigenvalue weighted by Crippen LogP contribution is -2.46. The Labute approximate surface area is 77.6 Å². The maximum atomic E-state index is 11.5. The van der Waals surface area contributed by atoms with Gasteiger partial charge in [0.1, 0.15) is 0 Å². The molecule has 1 amide bonds. The second-order valence-electron chi connectivity index (χ2n) is 3.56. The van der Waals surface area contributed by atoms with E-state index in [1.807, 2.05) is 6.92 Å². The molecule has 0 spiro atoms. The van der Waals surface area contributed by atoms with Crippen molar-refractivity contribution in [1.82, 2.24) is 5.32 Å². The first kappa shape index (κ1) is 10.0. The van der Waals surface area contributed by atoms with Gasteiger partial charge in [0.05, 0.1) is 12.0 Å². The highest BCUT2D eigenvalue weighted by molar-refractivity contribution is 5.83. The predicted molar refractivity (Wildman–Crippen MR) is 47.0 cm³/mol. The first-order chi connectivity index (χ1) is 6.08. The molecule has 0 aromatic heterocycles. The van der Waals surface area contributed by atoms with Gasteiger partial charge < -0.3 is 10.1 Å². The largest absolute Gasteiger partial charge is 0.466 e. The van der Waals surface area contributed by atoms with Crippen molar-refractivity contribution in [2.45, 2.75) is 26.7 Å². The summed E-state index contributed by atoms with van der Waals surface area (Å²) in [6, 6.07) is 0. The van der Waals surface area contributed by atoms with Crippen LogP contribution in [0.5, 0.6) is 0 Å². The van der Waals surface area contributed by atoms with Crippen LogP contribution in [0.25, 0.3) is 0 Å².